The molecule has 108 valence electrons. The highest BCUT2D eigenvalue weighted by Crippen LogP contribution is 2.16. The van der Waals surface area contributed by atoms with Gasteiger partial charge in [-0.05, 0) is 7.05 Å². The highest BCUT2D eigenvalue weighted by molar-refractivity contribution is 5.92. The van der Waals surface area contributed by atoms with Crippen molar-refractivity contribution in [1.29, 1.82) is 0 Å². The van der Waals surface area contributed by atoms with Crippen LogP contribution in [-0.2, 0) is 0 Å². The van der Waals surface area contributed by atoms with Gasteiger partial charge in [0.25, 0.3) is 5.91 Å². The Balaban J connectivity index is 1.81. The molecule has 0 unspecified atom stereocenters. The molecule has 0 saturated carbocycles. The van der Waals surface area contributed by atoms with Crippen molar-refractivity contribution in [3.8, 4) is 11.3 Å². The summed E-state index contributed by atoms with van der Waals surface area (Å²) in [5.41, 5.74) is 2.12. The Morgan fingerprint density at radius 1 is 1.05 bits per heavy atom. The zero-order chi connectivity index (χ0) is 14.7. The van der Waals surface area contributed by atoms with E-state index >= 15 is 0 Å². The zero-order valence-electron chi connectivity index (χ0n) is 12.1. The van der Waals surface area contributed by atoms with Gasteiger partial charge in [-0.1, -0.05) is 30.3 Å². The van der Waals surface area contributed by atoms with E-state index in [2.05, 4.69) is 21.9 Å². The summed E-state index contributed by atoms with van der Waals surface area (Å²) >= 11 is 0. The Morgan fingerprint density at radius 3 is 2.48 bits per heavy atom. The lowest BCUT2D eigenvalue weighted by molar-refractivity contribution is 0.0658. The SMILES string of the molecule is CN1CCN(C(=O)c2cncc(-c3ccccc3)n2)CC1. The first-order valence-electron chi connectivity index (χ1n) is 7.09. The van der Waals surface area contributed by atoms with Gasteiger partial charge in [0.15, 0.2) is 0 Å². The molecule has 1 fully saturated rings. The highest BCUT2D eigenvalue weighted by Gasteiger charge is 2.21. The molecule has 0 atom stereocenters. The number of benzene rings is 1. The van der Waals surface area contributed by atoms with Crippen molar-refractivity contribution in [1.82, 2.24) is 19.8 Å². The molecule has 1 aromatic heterocycles. The van der Waals surface area contributed by atoms with Crippen LogP contribution in [0.15, 0.2) is 42.7 Å². The Labute approximate surface area is 124 Å². The molecule has 5 heteroatoms. The summed E-state index contributed by atoms with van der Waals surface area (Å²) in [5.74, 6) is -0.0339. The van der Waals surface area contributed by atoms with Gasteiger partial charge in [-0.2, -0.15) is 0 Å². The van der Waals surface area contributed by atoms with E-state index in [0.29, 0.717) is 5.69 Å². The highest BCUT2D eigenvalue weighted by atomic mass is 16.2. The maximum atomic E-state index is 12.5. The van der Waals surface area contributed by atoms with Crippen molar-refractivity contribution in [2.75, 3.05) is 33.2 Å². The van der Waals surface area contributed by atoms with Gasteiger partial charge in [-0.3, -0.25) is 9.78 Å². The van der Waals surface area contributed by atoms with Gasteiger partial charge in [0, 0.05) is 31.7 Å². The predicted octanol–water partition coefficient (Wildman–Crippen LogP) is 1.53. The number of amides is 1. The minimum absolute atomic E-state index is 0.0339. The molecule has 1 aromatic carbocycles. The smallest absolute Gasteiger partial charge is 0.274 e. The van der Waals surface area contributed by atoms with Crippen LogP contribution in [0, 0.1) is 0 Å². The van der Waals surface area contributed by atoms with Crippen molar-refractivity contribution in [3.63, 3.8) is 0 Å². The van der Waals surface area contributed by atoms with Crippen molar-refractivity contribution in [3.05, 3.63) is 48.4 Å². The van der Waals surface area contributed by atoms with Crippen LogP contribution in [-0.4, -0.2) is 58.9 Å². The van der Waals surface area contributed by atoms with Crippen LogP contribution in [0.5, 0.6) is 0 Å². The van der Waals surface area contributed by atoms with Crippen LogP contribution in [0.4, 0.5) is 0 Å². The van der Waals surface area contributed by atoms with Gasteiger partial charge in [-0.25, -0.2) is 4.98 Å². The molecule has 0 aliphatic carbocycles. The lowest BCUT2D eigenvalue weighted by atomic mass is 10.1. The Kier molecular flexibility index (Phi) is 3.92. The predicted molar refractivity (Wildman–Crippen MR) is 80.9 cm³/mol. The molecule has 0 N–H and O–H groups in total. The number of rotatable bonds is 2. The van der Waals surface area contributed by atoms with Gasteiger partial charge < -0.3 is 9.80 Å². The fourth-order valence-electron chi connectivity index (χ4n) is 2.39. The van der Waals surface area contributed by atoms with Crippen LogP contribution in [0.3, 0.4) is 0 Å². The molecule has 1 saturated heterocycles. The molecule has 0 bridgehead atoms. The number of hydrogen-bond donors (Lipinski definition) is 0. The lowest BCUT2D eigenvalue weighted by Gasteiger charge is -2.32. The summed E-state index contributed by atoms with van der Waals surface area (Å²) in [6.45, 7) is 3.29. The minimum Gasteiger partial charge on any atom is -0.335 e. The second kappa shape index (κ2) is 6.01. The molecule has 1 aliphatic heterocycles. The zero-order valence-corrected chi connectivity index (χ0v) is 12.1. The van der Waals surface area contributed by atoms with Gasteiger partial charge in [0.1, 0.15) is 5.69 Å². The number of carbonyl (C=O) groups excluding carboxylic acids is 1. The first-order valence-corrected chi connectivity index (χ1v) is 7.09. The van der Waals surface area contributed by atoms with E-state index in [1.165, 1.54) is 0 Å². The third-order valence-corrected chi connectivity index (χ3v) is 3.71. The molecule has 3 rings (SSSR count). The number of aromatic nitrogens is 2. The average Bonchev–Trinajstić information content (AvgIpc) is 2.56. The monoisotopic (exact) mass is 282 g/mol. The van der Waals surface area contributed by atoms with Crippen molar-refractivity contribution < 1.29 is 4.79 Å². The summed E-state index contributed by atoms with van der Waals surface area (Å²) in [6, 6.07) is 9.79. The van der Waals surface area contributed by atoms with Gasteiger partial charge in [0.05, 0.1) is 18.1 Å². The first kappa shape index (κ1) is 13.7. The number of nitrogens with zero attached hydrogens (tertiary/aromatic N) is 4. The minimum atomic E-state index is -0.0339. The van der Waals surface area contributed by atoms with E-state index in [0.717, 1.165) is 37.4 Å². The van der Waals surface area contributed by atoms with E-state index in [-0.39, 0.29) is 5.91 Å². The summed E-state index contributed by atoms with van der Waals surface area (Å²) in [5, 5.41) is 0. The largest absolute Gasteiger partial charge is 0.335 e. The van der Waals surface area contributed by atoms with Crippen LogP contribution in [0.2, 0.25) is 0 Å². The molecule has 1 aliphatic rings. The summed E-state index contributed by atoms with van der Waals surface area (Å²) < 4.78 is 0. The lowest BCUT2D eigenvalue weighted by Crippen LogP contribution is -2.47. The second-order valence-corrected chi connectivity index (χ2v) is 5.25. The second-order valence-electron chi connectivity index (χ2n) is 5.25. The fourth-order valence-corrected chi connectivity index (χ4v) is 2.39. The molecular formula is C16H18N4O. The van der Waals surface area contributed by atoms with Crippen LogP contribution in [0.1, 0.15) is 10.5 Å². The molecule has 0 radical (unpaired) electrons. The topological polar surface area (TPSA) is 49.3 Å². The number of piperazine rings is 1. The van der Waals surface area contributed by atoms with Crippen molar-refractivity contribution in [2.24, 2.45) is 0 Å². The van der Waals surface area contributed by atoms with Crippen molar-refractivity contribution in [2.45, 2.75) is 0 Å². The average molecular weight is 282 g/mol. The maximum absolute atomic E-state index is 12.5. The van der Waals surface area contributed by atoms with E-state index in [9.17, 15) is 4.79 Å². The van der Waals surface area contributed by atoms with Crippen LogP contribution in [0.25, 0.3) is 11.3 Å². The standard InChI is InChI=1S/C16H18N4O/c1-19-7-9-20(10-8-19)16(21)15-12-17-11-14(18-15)13-5-3-2-4-6-13/h2-6,11-12H,7-10H2,1H3. The molecule has 2 heterocycles. The maximum Gasteiger partial charge on any atom is 0.274 e. The first-order chi connectivity index (χ1) is 10.2. The van der Waals surface area contributed by atoms with E-state index < -0.39 is 0 Å². The normalized spacial score (nSPS) is 16.0. The third kappa shape index (κ3) is 3.08. The molecule has 2 aromatic rings. The summed E-state index contributed by atoms with van der Waals surface area (Å²) in [7, 11) is 2.07. The molecule has 0 spiro atoms. The Hall–Kier alpha value is -2.27. The van der Waals surface area contributed by atoms with Gasteiger partial charge in [0.2, 0.25) is 0 Å². The van der Waals surface area contributed by atoms with Crippen LogP contribution < -0.4 is 0 Å². The molecule has 21 heavy (non-hydrogen) atoms. The molecule has 1 amide bonds. The van der Waals surface area contributed by atoms with E-state index in [4.69, 9.17) is 0 Å². The van der Waals surface area contributed by atoms with Crippen molar-refractivity contribution >= 4 is 5.91 Å². The number of likely N-dealkylation sites (N-methyl/N-ethyl adjacent to an activating group) is 1. The van der Waals surface area contributed by atoms with E-state index in [1.807, 2.05) is 35.2 Å². The van der Waals surface area contributed by atoms with E-state index in [1.54, 1.807) is 12.4 Å². The fraction of sp³-hybridized carbons (Fsp3) is 0.312. The summed E-state index contributed by atoms with van der Waals surface area (Å²) in [6.07, 6.45) is 3.24. The quantitative estimate of drug-likeness (QED) is 0.838. The van der Waals surface area contributed by atoms with Crippen LogP contribution >= 0.6 is 0 Å². The number of hydrogen-bond acceptors (Lipinski definition) is 4. The summed E-state index contributed by atoms with van der Waals surface area (Å²) in [4.78, 5) is 25.2. The third-order valence-electron chi connectivity index (χ3n) is 3.71. The Morgan fingerprint density at radius 2 is 1.76 bits per heavy atom. The van der Waals surface area contributed by atoms with Gasteiger partial charge >= 0.3 is 0 Å². The van der Waals surface area contributed by atoms with Gasteiger partial charge in [-0.15, -0.1) is 0 Å². The number of carbonyl (C=O) groups is 1. The Bertz CT molecular complexity index is 621. The molecule has 5 nitrogen and oxygen atoms in total. The molecular weight excluding hydrogens is 264 g/mol.